The molecule has 0 radical (unpaired) electrons. The Balaban J connectivity index is 2.16. The van der Waals surface area contributed by atoms with E-state index in [1.54, 1.807) is 7.11 Å². The Kier molecular flexibility index (Phi) is 4.80. The Morgan fingerprint density at radius 2 is 2.21 bits per heavy atom. The molecule has 1 N–H and O–H groups in total. The van der Waals surface area contributed by atoms with Crippen LogP contribution in [0.3, 0.4) is 0 Å². The number of likely N-dealkylation sites (N-methyl/N-ethyl adjacent to an activating group) is 1. The van der Waals surface area contributed by atoms with Gasteiger partial charge in [-0.3, -0.25) is 4.79 Å². The molecule has 1 aromatic rings. The zero-order chi connectivity index (χ0) is 13.7. The number of methoxy groups -OCH3 is 1. The molecule has 0 aliphatic carbocycles. The quantitative estimate of drug-likeness (QED) is 0.852. The van der Waals surface area contributed by atoms with Crippen molar-refractivity contribution in [2.45, 2.75) is 25.8 Å². The number of carbonyl (C=O) groups is 1. The van der Waals surface area contributed by atoms with Gasteiger partial charge in [0.2, 0.25) is 5.91 Å². The van der Waals surface area contributed by atoms with Crippen molar-refractivity contribution in [1.29, 1.82) is 0 Å². The lowest BCUT2D eigenvalue weighted by Crippen LogP contribution is -2.36. The lowest BCUT2D eigenvalue weighted by Gasteiger charge is -2.26. The summed E-state index contributed by atoms with van der Waals surface area (Å²) in [4.78, 5) is 13.7. The monoisotopic (exact) mass is 262 g/mol. The van der Waals surface area contributed by atoms with E-state index in [9.17, 15) is 4.79 Å². The van der Waals surface area contributed by atoms with Crippen molar-refractivity contribution in [1.82, 2.24) is 10.2 Å². The molecule has 0 aromatic heterocycles. The summed E-state index contributed by atoms with van der Waals surface area (Å²) >= 11 is 0. The molecule has 4 heteroatoms. The number of likely N-dealkylation sites (tertiary alicyclic amines) is 1. The number of benzene rings is 1. The third-order valence-electron chi connectivity index (χ3n) is 3.54. The van der Waals surface area contributed by atoms with Gasteiger partial charge in [-0.05, 0) is 19.0 Å². The molecule has 19 heavy (non-hydrogen) atoms. The first-order valence-corrected chi connectivity index (χ1v) is 6.90. The number of hydrogen-bond acceptors (Lipinski definition) is 3. The molecule has 1 amide bonds. The fraction of sp³-hybridized carbons (Fsp3) is 0.533. The molecule has 2 rings (SSSR count). The first kappa shape index (κ1) is 13.9. The van der Waals surface area contributed by atoms with Crippen LogP contribution in [0.4, 0.5) is 0 Å². The maximum atomic E-state index is 11.8. The van der Waals surface area contributed by atoms with Gasteiger partial charge in [-0.1, -0.05) is 25.1 Å². The van der Waals surface area contributed by atoms with E-state index in [-0.39, 0.29) is 11.9 Å². The molecule has 1 aromatic carbocycles. The van der Waals surface area contributed by atoms with Crippen molar-refractivity contribution in [3.63, 3.8) is 0 Å². The van der Waals surface area contributed by atoms with E-state index < -0.39 is 0 Å². The first-order chi connectivity index (χ1) is 9.26. The normalized spacial score (nSPS) is 16.7. The van der Waals surface area contributed by atoms with Gasteiger partial charge in [0.15, 0.2) is 0 Å². The minimum absolute atomic E-state index is 0.128. The van der Waals surface area contributed by atoms with Crippen LogP contribution in [0.25, 0.3) is 0 Å². The summed E-state index contributed by atoms with van der Waals surface area (Å²) in [5.41, 5.74) is 1.12. The van der Waals surface area contributed by atoms with E-state index >= 15 is 0 Å². The highest BCUT2D eigenvalue weighted by atomic mass is 16.5. The van der Waals surface area contributed by atoms with Gasteiger partial charge in [-0.25, -0.2) is 0 Å². The molecule has 1 heterocycles. The second-order valence-corrected chi connectivity index (χ2v) is 4.80. The summed E-state index contributed by atoms with van der Waals surface area (Å²) in [6, 6.07) is 8.13. The van der Waals surface area contributed by atoms with E-state index in [2.05, 4.69) is 18.3 Å². The fourth-order valence-corrected chi connectivity index (χ4v) is 2.59. The minimum atomic E-state index is 0.128. The highest BCUT2D eigenvalue weighted by Crippen LogP contribution is 2.26. The lowest BCUT2D eigenvalue weighted by molar-refractivity contribution is -0.128. The largest absolute Gasteiger partial charge is 0.496 e. The third-order valence-corrected chi connectivity index (χ3v) is 3.54. The van der Waals surface area contributed by atoms with E-state index in [0.29, 0.717) is 13.0 Å². The fourth-order valence-electron chi connectivity index (χ4n) is 2.59. The van der Waals surface area contributed by atoms with Crippen LogP contribution >= 0.6 is 0 Å². The SMILES string of the molecule is CCNC(CN1CCCC1=O)c1ccccc1OC. The summed E-state index contributed by atoms with van der Waals surface area (Å²) in [5, 5.41) is 3.45. The van der Waals surface area contributed by atoms with E-state index in [1.165, 1.54) is 0 Å². The number of rotatable bonds is 6. The Hall–Kier alpha value is -1.55. The number of hydrogen-bond donors (Lipinski definition) is 1. The zero-order valence-corrected chi connectivity index (χ0v) is 11.7. The smallest absolute Gasteiger partial charge is 0.222 e. The maximum Gasteiger partial charge on any atom is 0.222 e. The summed E-state index contributed by atoms with van der Waals surface area (Å²) in [6.07, 6.45) is 1.66. The molecule has 1 saturated heterocycles. The average Bonchev–Trinajstić information content (AvgIpc) is 2.84. The summed E-state index contributed by atoms with van der Waals surface area (Å²) in [7, 11) is 1.68. The standard InChI is InChI=1S/C15H22N2O2/c1-3-16-13(11-17-10-6-9-15(17)18)12-7-4-5-8-14(12)19-2/h4-5,7-8,13,16H,3,6,9-11H2,1-2H3. The highest BCUT2D eigenvalue weighted by Gasteiger charge is 2.25. The number of amides is 1. The Bertz CT molecular complexity index is 434. The minimum Gasteiger partial charge on any atom is -0.496 e. The van der Waals surface area contributed by atoms with E-state index in [4.69, 9.17) is 4.74 Å². The molecule has 1 aliphatic rings. The van der Waals surface area contributed by atoms with Crippen molar-refractivity contribution in [3.05, 3.63) is 29.8 Å². The van der Waals surface area contributed by atoms with Crippen LogP contribution in [0.15, 0.2) is 24.3 Å². The molecule has 4 nitrogen and oxygen atoms in total. The predicted molar refractivity (Wildman–Crippen MR) is 75.2 cm³/mol. The highest BCUT2D eigenvalue weighted by molar-refractivity contribution is 5.78. The molecule has 0 bridgehead atoms. The average molecular weight is 262 g/mol. The third kappa shape index (κ3) is 3.26. The van der Waals surface area contributed by atoms with Crippen molar-refractivity contribution in [3.8, 4) is 5.75 Å². The van der Waals surface area contributed by atoms with Crippen molar-refractivity contribution < 1.29 is 9.53 Å². The van der Waals surface area contributed by atoms with Gasteiger partial charge in [-0.2, -0.15) is 0 Å². The second kappa shape index (κ2) is 6.57. The van der Waals surface area contributed by atoms with Gasteiger partial charge in [0, 0.05) is 25.1 Å². The van der Waals surface area contributed by atoms with E-state index in [1.807, 2.05) is 23.1 Å². The summed E-state index contributed by atoms with van der Waals surface area (Å²) in [5.74, 6) is 1.14. The molecule has 0 spiro atoms. The summed E-state index contributed by atoms with van der Waals surface area (Å²) < 4.78 is 5.42. The number of ether oxygens (including phenoxy) is 1. The molecule has 1 atom stereocenters. The van der Waals surface area contributed by atoms with E-state index in [0.717, 1.165) is 30.8 Å². The topological polar surface area (TPSA) is 41.6 Å². The van der Waals surface area contributed by atoms with Crippen LogP contribution in [0.2, 0.25) is 0 Å². The van der Waals surface area contributed by atoms with Crippen molar-refractivity contribution in [2.24, 2.45) is 0 Å². The molecule has 0 saturated carbocycles. The zero-order valence-electron chi connectivity index (χ0n) is 11.7. The Labute approximate surface area is 114 Å². The Morgan fingerprint density at radius 3 is 2.84 bits per heavy atom. The molecule has 1 aliphatic heterocycles. The molecular formula is C15H22N2O2. The first-order valence-electron chi connectivity index (χ1n) is 6.90. The molecular weight excluding hydrogens is 240 g/mol. The van der Waals surface area contributed by atoms with Gasteiger partial charge in [0.05, 0.1) is 13.2 Å². The van der Waals surface area contributed by atoms with Gasteiger partial charge in [-0.15, -0.1) is 0 Å². The lowest BCUT2D eigenvalue weighted by atomic mass is 10.0. The molecule has 1 unspecified atom stereocenters. The van der Waals surface area contributed by atoms with Crippen LogP contribution in [0.1, 0.15) is 31.4 Å². The van der Waals surface area contributed by atoms with Crippen LogP contribution in [0.5, 0.6) is 5.75 Å². The number of nitrogens with zero attached hydrogens (tertiary/aromatic N) is 1. The van der Waals surface area contributed by atoms with Gasteiger partial charge >= 0.3 is 0 Å². The van der Waals surface area contributed by atoms with Crippen LogP contribution in [-0.4, -0.2) is 37.6 Å². The van der Waals surface area contributed by atoms with Crippen LogP contribution < -0.4 is 10.1 Å². The van der Waals surface area contributed by atoms with Gasteiger partial charge < -0.3 is 15.0 Å². The maximum absolute atomic E-state index is 11.8. The van der Waals surface area contributed by atoms with Crippen molar-refractivity contribution >= 4 is 5.91 Å². The predicted octanol–water partition coefficient (Wildman–Crippen LogP) is 1.97. The van der Waals surface area contributed by atoms with Crippen LogP contribution in [-0.2, 0) is 4.79 Å². The summed E-state index contributed by atoms with van der Waals surface area (Å²) in [6.45, 7) is 4.53. The number of carbonyl (C=O) groups excluding carboxylic acids is 1. The van der Waals surface area contributed by atoms with Crippen LogP contribution in [0, 0.1) is 0 Å². The van der Waals surface area contributed by atoms with Crippen molar-refractivity contribution in [2.75, 3.05) is 26.7 Å². The second-order valence-electron chi connectivity index (χ2n) is 4.80. The number of para-hydroxylation sites is 1. The number of nitrogens with one attached hydrogen (secondary N) is 1. The molecule has 104 valence electrons. The molecule has 1 fully saturated rings. The van der Waals surface area contributed by atoms with Gasteiger partial charge in [0.25, 0.3) is 0 Å². The van der Waals surface area contributed by atoms with Gasteiger partial charge in [0.1, 0.15) is 5.75 Å². The Morgan fingerprint density at radius 1 is 1.42 bits per heavy atom.